The number of hydrogen-bond donors (Lipinski definition) is 0. The van der Waals surface area contributed by atoms with Crippen LogP contribution < -0.4 is 4.90 Å². The standard InChI is InChI=1S/C18H27N3O3/c1-3-5-12-22-16-14-24-18(23-13-6-4-2)17(20-19)21(16)15-10-8-7-9-11-15/h7-11,16,18H,3-6,12-14H2,1-2H3. The first-order chi connectivity index (χ1) is 11.8. The van der Waals surface area contributed by atoms with Gasteiger partial charge in [-0.1, -0.05) is 44.9 Å². The van der Waals surface area contributed by atoms with Crippen LogP contribution in [-0.4, -0.2) is 43.0 Å². The van der Waals surface area contributed by atoms with Crippen LogP contribution in [0, 0.1) is 0 Å². The average Bonchev–Trinajstić information content (AvgIpc) is 2.63. The zero-order valence-electron chi connectivity index (χ0n) is 14.6. The van der Waals surface area contributed by atoms with E-state index in [1.54, 1.807) is 0 Å². The molecular formula is C18H27N3O3. The van der Waals surface area contributed by atoms with Gasteiger partial charge in [0.2, 0.25) is 6.23 Å². The molecular weight excluding hydrogens is 306 g/mol. The third-order valence-corrected chi connectivity index (χ3v) is 3.85. The van der Waals surface area contributed by atoms with Crippen LogP contribution in [0.5, 0.6) is 0 Å². The fraction of sp³-hybridized carbons (Fsp3) is 0.611. The highest BCUT2D eigenvalue weighted by atomic mass is 16.7. The number of nitrogens with zero attached hydrogens (tertiary/aromatic N) is 3. The molecule has 1 aliphatic rings. The maximum Gasteiger partial charge on any atom is 0.394 e. The fourth-order valence-corrected chi connectivity index (χ4v) is 2.51. The molecule has 1 heterocycles. The zero-order valence-corrected chi connectivity index (χ0v) is 14.6. The first kappa shape index (κ1) is 18.6. The van der Waals surface area contributed by atoms with Gasteiger partial charge in [0.15, 0.2) is 0 Å². The van der Waals surface area contributed by atoms with Gasteiger partial charge < -0.3 is 24.5 Å². The molecule has 6 nitrogen and oxygen atoms in total. The van der Waals surface area contributed by atoms with Crippen molar-refractivity contribution in [1.29, 1.82) is 0 Å². The Bertz CT molecular complexity index is 532. The summed E-state index contributed by atoms with van der Waals surface area (Å²) in [6, 6.07) is 9.74. The second-order valence-electron chi connectivity index (χ2n) is 5.73. The van der Waals surface area contributed by atoms with Gasteiger partial charge in [-0.3, -0.25) is 0 Å². The van der Waals surface area contributed by atoms with Crippen molar-refractivity contribution in [3.63, 3.8) is 0 Å². The van der Waals surface area contributed by atoms with Crippen molar-refractivity contribution >= 4 is 11.5 Å². The van der Waals surface area contributed by atoms with Crippen LogP contribution in [0.1, 0.15) is 39.5 Å². The van der Waals surface area contributed by atoms with E-state index in [2.05, 4.69) is 18.6 Å². The zero-order chi connectivity index (χ0) is 17.2. The molecule has 0 amide bonds. The Kier molecular flexibility index (Phi) is 7.92. The monoisotopic (exact) mass is 333 g/mol. The van der Waals surface area contributed by atoms with Crippen molar-refractivity contribution in [2.45, 2.75) is 52.0 Å². The Balaban J connectivity index is 2.18. The molecule has 0 N–H and O–H groups in total. The van der Waals surface area contributed by atoms with E-state index < -0.39 is 6.29 Å². The van der Waals surface area contributed by atoms with Crippen molar-refractivity contribution in [3.8, 4) is 0 Å². The van der Waals surface area contributed by atoms with E-state index in [1.807, 2.05) is 35.2 Å². The van der Waals surface area contributed by atoms with Gasteiger partial charge in [0.05, 0.1) is 13.2 Å². The van der Waals surface area contributed by atoms with Crippen LogP contribution in [0.25, 0.3) is 5.53 Å². The van der Waals surface area contributed by atoms with E-state index in [-0.39, 0.29) is 6.23 Å². The molecule has 2 unspecified atom stereocenters. The topological polar surface area (TPSA) is 67.3 Å². The number of para-hydroxylation sites is 1. The van der Waals surface area contributed by atoms with Gasteiger partial charge in [-0.15, -0.1) is 0 Å². The molecule has 1 fully saturated rings. The third kappa shape index (κ3) is 4.89. The minimum Gasteiger partial charge on any atom is -0.497 e. The van der Waals surface area contributed by atoms with Gasteiger partial charge in [0, 0.05) is 0 Å². The maximum absolute atomic E-state index is 9.57. The summed E-state index contributed by atoms with van der Waals surface area (Å²) < 4.78 is 17.4. The molecule has 0 aromatic heterocycles. The van der Waals surface area contributed by atoms with Crippen LogP contribution >= 0.6 is 0 Å². The van der Waals surface area contributed by atoms with Gasteiger partial charge in [0.1, 0.15) is 12.3 Å². The van der Waals surface area contributed by atoms with Crippen molar-refractivity contribution in [3.05, 3.63) is 35.9 Å². The quantitative estimate of drug-likeness (QED) is 0.394. The number of hydrogen-bond acceptors (Lipinski definition) is 3. The highest BCUT2D eigenvalue weighted by Crippen LogP contribution is 2.24. The number of unbranched alkanes of at least 4 members (excludes halogenated alkanes) is 2. The lowest BCUT2D eigenvalue weighted by Gasteiger charge is -2.33. The largest absolute Gasteiger partial charge is 0.497 e. The smallest absolute Gasteiger partial charge is 0.394 e. The maximum atomic E-state index is 9.57. The van der Waals surface area contributed by atoms with E-state index >= 15 is 0 Å². The summed E-state index contributed by atoms with van der Waals surface area (Å²) in [7, 11) is 0. The van der Waals surface area contributed by atoms with E-state index in [4.69, 9.17) is 14.2 Å². The SMILES string of the molecule is CCCCOC1OCC(OCCCC)N(c2ccccc2)C1=[N+]=[N-]. The predicted molar refractivity (Wildman–Crippen MR) is 92.8 cm³/mol. The second-order valence-corrected chi connectivity index (χ2v) is 5.73. The number of amidine groups is 1. The Morgan fingerprint density at radius 2 is 1.79 bits per heavy atom. The van der Waals surface area contributed by atoms with E-state index in [0.29, 0.717) is 25.7 Å². The van der Waals surface area contributed by atoms with E-state index in [1.165, 1.54) is 0 Å². The van der Waals surface area contributed by atoms with E-state index in [0.717, 1.165) is 31.4 Å². The molecule has 6 heteroatoms. The lowest BCUT2D eigenvalue weighted by atomic mass is 10.2. The lowest BCUT2D eigenvalue weighted by molar-refractivity contribution is -0.167. The molecule has 1 aliphatic heterocycles. The van der Waals surface area contributed by atoms with Gasteiger partial charge in [0.25, 0.3) is 6.29 Å². The minimum absolute atomic E-state index is 0.324. The molecule has 0 spiro atoms. The van der Waals surface area contributed by atoms with Gasteiger partial charge >= 0.3 is 5.84 Å². The van der Waals surface area contributed by atoms with Crippen LogP contribution in [0.2, 0.25) is 0 Å². The van der Waals surface area contributed by atoms with Crippen molar-refractivity contribution < 1.29 is 19.0 Å². The summed E-state index contributed by atoms with van der Waals surface area (Å²) in [6.45, 7) is 5.76. The third-order valence-electron chi connectivity index (χ3n) is 3.85. The molecule has 1 saturated heterocycles. The van der Waals surface area contributed by atoms with Crippen LogP contribution in [0.3, 0.4) is 0 Å². The van der Waals surface area contributed by atoms with Crippen molar-refractivity contribution in [1.82, 2.24) is 0 Å². The molecule has 24 heavy (non-hydrogen) atoms. The highest BCUT2D eigenvalue weighted by molar-refractivity contribution is 5.97. The number of benzene rings is 1. The summed E-state index contributed by atoms with van der Waals surface area (Å²) in [4.78, 5) is 5.31. The van der Waals surface area contributed by atoms with Crippen LogP contribution in [0.4, 0.5) is 5.69 Å². The average molecular weight is 333 g/mol. The molecule has 0 bridgehead atoms. The fourth-order valence-electron chi connectivity index (χ4n) is 2.51. The Hall–Kier alpha value is -1.72. The number of morpholine rings is 1. The van der Waals surface area contributed by atoms with Gasteiger partial charge in [-0.2, -0.15) is 4.90 Å². The molecule has 2 rings (SSSR count). The van der Waals surface area contributed by atoms with Crippen molar-refractivity contribution in [2.24, 2.45) is 0 Å². The van der Waals surface area contributed by atoms with Crippen LogP contribution in [-0.2, 0) is 14.2 Å². The second kappa shape index (κ2) is 10.2. The lowest BCUT2D eigenvalue weighted by Crippen LogP contribution is -2.56. The predicted octanol–water partition coefficient (Wildman–Crippen LogP) is 3.44. The Morgan fingerprint density at radius 1 is 1.12 bits per heavy atom. The van der Waals surface area contributed by atoms with Crippen molar-refractivity contribution in [2.75, 3.05) is 24.7 Å². The normalized spacial score (nSPS) is 20.9. The summed E-state index contributed by atoms with van der Waals surface area (Å²) in [5.74, 6) is 0.324. The summed E-state index contributed by atoms with van der Waals surface area (Å²) in [5.41, 5.74) is 10.5. The first-order valence-electron chi connectivity index (χ1n) is 8.72. The number of ether oxygens (including phenoxy) is 3. The molecule has 2 atom stereocenters. The first-order valence-corrected chi connectivity index (χ1v) is 8.72. The molecule has 0 radical (unpaired) electrons. The van der Waals surface area contributed by atoms with Gasteiger partial charge in [-0.05, 0) is 25.0 Å². The highest BCUT2D eigenvalue weighted by Gasteiger charge is 2.44. The molecule has 1 aromatic carbocycles. The number of anilines is 1. The summed E-state index contributed by atoms with van der Waals surface area (Å²) in [5, 5.41) is 0. The minimum atomic E-state index is -0.687. The van der Waals surface area contributed by atoms with Gasteiger partial charge in [-0.25, -0.2) is 0 Å². The molecule has 1 aromatic rings. The number of rotatable bonds is 9. The molecule has 0 aliphatic carbocycles. The molecule has 0 saturated carbocycles. The summed E-state index contributed by atoms with van der Waals surface area (Å²) >= 11 is 0. The molecule has 132 valence electrons. The summed E-state index contributed by atoms with van der Waals surface area (Å²) in [6.07, 6.45) is 2.97. The van der Waals surface area contributed by atoms with Crippen LogP contribution in [0.15, 0.2) is 30.3 Å². The van der Waals surface area contributed by atoms with E-state index in [9.17, 15) is 5.53 Å². The Morgan fingerprint density at radius 3 is 2.42 bits per heavy atom. The Labute approximate surface area is 143 Å².